The van der Waals surface area contributed by atoms with Crippen LogP contribution in [0.25, 0.3) is 0 Å². The zero-order valence-electron chi connectivity index (χ0n) is 17.8. The van der Waals surface area contributed by atoms with Crippen molar-refractivity contribution in [1.29, 1.82) is 0 Å². The Labute approximate surface area is 182 Å². The molecule has 0 radical (unpaired) electrons. The molecule has 2 rings (SSSR count). The first-order valence-electron chi connectivity index (χ1n) is 10.0. The number of oxazole rings is 1. The Morgan fingerprint density at radius 1 is 1.33 bits per heavy atom. The average molecular weight is 491 g/mol. The number of likely N-dealkylation sites (tertiary alicyclic amines) is 1. The van der Waals surface area contributed by atoms with Crippen LogP contribution in [0, 0.1) is 5.92 Å². The molecule has 156 valence electrons. The van der Waals surface area contributed by atoms with Gasteiger partial charge in [-0.3, -0.25) is 4.90 Å². The van der Waals surface area contributed by atoms with Crippen molar-refractivity contribution in [1.82, 2.24) is 20.5 Å². The third-order valence-electron chi connectivity index (χ3n) is 5.02. The first-order chi connectivity index (χ1) is 12.3. The first-order valence-corrected chi connectivity index (χ1v) is 10.0. The van der Waals surface area contributed by atoms with Crippen LogP contribution in [0.5, 0.6) is 0 Å². The summed E-state index contributed by atoms with van der Waals surface area (Å²) in [4.78, 5) is 11.6. The Kier molecular flexibility index (Phi) is 10.1. The van der Waals surface area contributed by atoms with E-state index in [-0.39, 0.29) is 29.4 Å². The van der Waals surface area contributed by atoms with Crippen molar-refractivity contribution in [3.63, 3.8) is 0 Å². The van der Waals surface area contributed by atoms with Gasteiger partial charge in [-0.2, -0.15) is 0 Å². The van der Waals surface area contributed by atoms with Crippen molar-refractivity contribution in [3.8, 4) is 0 Å². The highest BCUT2D eigenvalue weighted by Gasteiger charge is 2.21. The molecule has 2 heterocycles. The fourth-order valence-electron chi connectivity index (χ4n) is 3.06. The third kappa shape index (κ3) is 7.97. The summed E-state index contributed by atoms with van der Waals surface area (Å²) in [6.45, 7) is 17.6. The van der Waals surface area contributed by atoms with Gasteiger partial charge in [0.1, 0.15) is 12.3 Å². The van der Waals surface area contributed by atoms with Crippen molar-refractivity contribution in [2.24, 2.45) is 10.9 Å². The van der Waals surface area contributed by atoms with E-state index in [1.165, 1.54) is 25.9 Å². The lowest BCUT2D eigenvalue weighted by Crippen LogP contribution is -2.48. The number of hydrogen-bond acceptors (Lipinski definition) is 4. The number of aliphatic imine (C=N–C) groups is 1. The fourth-order valence-corrected chi connectivity index (χ4v) is 3.06. The summed E-state index contributed by atoms with van der Waals surface area (Å²) in [5.74, 6) is 3.24. The second-order valence-corrected chi connectivity index (χ2v) is 8.51. The van der Waals surface area contributed by atoms with Gasteiger partial charge in [0.05, 0.1) is 6.20 Å². The molecule has 1 fully saturated rings. The molecule has 1 aromatic rings. The highest BCUT2D eigenvalue weighted by Crippen LogP contribution is 2.22. The molecule has 1 atom stereocenters. The van der Waals surface area contributed by atoms with E-state index in [1.54, 1.807) is 0 Å². The molecule has 0 amide bonds. The van der Waals surface area contributed by atoms with Crippen LogP contribution in [0.1, 0.15) is 66.0 Å². The van der Waals surface area contributed by atoms with Gasteiger partial charge < -0.3 is 15.1 Å². The summed E-state index contributed by atoms with van der Waals surface area (Å²) in [5.41, 5.74) is -0.0287. The Morgan fingerprint density at radius 2 is 2.00 bits per heavy atom. The zero-order valence-corrected chi connectivity index (χ0v) is 20.2. The highest BCUT2D eigenvalue weighted by atomic mass is 127. The predicted molar refractivity (Wildman–Crippen MR) is 123 cm³/mol. The summed E-state index contributed by atoms with van der Waals surface area (Å²) in [6, 6.07) is 0.501. The largest absolute Gasteiger partial charge is 0.443 e. The zero-order chi connectivity index (χ0) is 19.2. The summed E-state index contributed by atoms with van der Waals surface area (Å²) in [5, 5.41) is 6.77. The number of halogens is 1. The van der Waals surface area contributed by atoms with Gasteiger partial charge in [-0.1, -0.05) is 27.7 Å². The smallest absolute Gasteiger partial charge is 0.216 e. The summed E-state index contributed by atoms with van der Waals surface area (Å²) < 4.78 is 5.83. The summed E-state index contributed by atoms with van der Waals surface area (Å²) in [6.07, 6.45) is 4.42. The van der Waals surface area contributed by atoms with E-state index in [1.807, 2.05) is 6.20 Å². The molecule has 0 spiro atoms. The molecule has 6 nitrogen and oxygen atoms in total. The van der Waals surface area contributed by atoms with Crippen LogP contribution < -0.4 is 10.6 Å². The molecule has 0 aliphatic carbocycles. The maximum atomic E-state index is 5.83. The minimum Gasteiger partial charge on any atom is -0.443 e. The van der Waals surface area contributed by atoms with Crippen LogP contribution in [0.15, 0.2) is 15.6 Å². The lowest BCUT2D eigenvalue weighted by Gasteiger charge is -2.35. The van der Waals surface area contributed by atoms with E-state index in [0.29, 0.717) is 18.5 Å². The second-order valence-electron chi connectivity index (χ2n) is 8.51. The fraction of sp³-hybridized carbons (Fsp3) is 0.800. The Morgan fingerprint density at radius 3 is 2.56 bits per heavy atom. The third-order valence-corrected chi connectivity index (χ3v) is 5.02. The molecule has 1 aliphatic rings. The molecule has 0 saturated carbocycles. The number of hydrogen-bond donors (Lipinski definition) is 2. The molecular formula is C20H38IN5O. The quantitative estimate of drug-likeness (QED) is 0.361. The van der Waals surface area contributed by atoms with Gasteiger partial charge in [0, 0.05) is 24.5 Å². The molecule has 2 N–H and O–H groups in total. The number of aromatic nitrogens is 1. The van der Waals surface area contributed by atoms with E-state index >= 15 is 0 Å². The van der Waals surface area contributed by atoms with Gasteiger partial charge in [-0.05, 0) is 45.7 Å². The van der Waals surface area contributed by atoms with E-state index in [2.05, 4.69) is 67.1 Å². The number of piperidine rings is 1. The summed E-state index contributed by atoms with van der Waals surface area (Å²) in [7, 11) is 0. The lowest BCUT2D eigenvalue weighted by atomic mass is 9.94. The van der Waals surface area contributed by atoms with Crippen LogP contribution in [-0.2, 0) is 12.0 Å². The molecule has 1 aliphatic heterocycles. The van der Waals surface area contributed by atoms with Gasteiger partial charge in [0.2, 0.25) is 5.89 Å². The normalized spacial score (nSPS) is 18.1. The predicted octanol–water partition coefficient (Wildman–Crippen LogP) is 3.77. The molecule has 27 heavy (non-hydrogen) atoms. The van der Waals surface area contributed by atoms with Crippen molar-refractivity contribution < 1.29 is 4.42 Å². The van der Waals surface area contributed by atoms with Crippen LogP contribution in [-0.4, -0.2) is 48.1 Å². The monoisotopic (exact) mass is 491 g/mol. The maximum absolute atomic E-state index is 5.83. The van der Waals surface area contributed by atoms with Gasteiger partial charge in [0.25, 0.3) is 0 Å². The van der Waals surface area contributed by atoms with Crippen molar-refractivity contribution in [2.45, 2.75) is 72.4 Å². The van der Waals surface area contributed by atoms with Crippen molar-refractivity contribution in [2.75, 3.05) is 26.2 Å². The number of guanidine groups is 1. The summed E-state index contributed by atoms with van der Waals surface area (Å²) >= 11 is 0. The van der Waals surface area contributed by atoms with Gasteiger partial charge in [0.15, 0.2) is 5.96 Å². The van der Waals surface area contributed by atoms with Gasteiger partial charge in [-0.25, -0.2) is 9.98 Å². The number of rotatable bonds is 6. The topological polar surface area (TPSA) is 65.7 Å². The highest BCUT2D eigenvalue weighted by molar-refractivity contribution is 14.0. The Hall–Kier alpha value is -0.830. The Balaban J connectivity index is 0.00000364. The minimum absolute atomic E-state index is 0. The minimum atomic E-state index is -0.0287. The van der Waals surface area contributed by atoms with Crippen LogP contribution in [0.3, 0.4) is 0 Å². The molecule has 0 aromatic carbocycles. The maximum Gasteiger partial charge on any atom is 0.216 e. The molecule has 1 saturated heterocycles. The van der Waals surface area contributed by atoms with Crippen molar-refractivity contribution in [3.05, 3.63) is 17.8 Å². The average Bonchev–Trinajstić information content (AvgIpc) is 3.07. The van der Waals surface area contributed by atoms with E-state index in [9.17, 15) is 0 Å². The van der Waals surface area contributed by atoms with Crippen LogP contribution >= 0.6 is 24.0 Å². The number of nitrogens with zero attached hydrogens (tertiary/aromatic N) is 3. The first kappa shape index (κ1) is 24.2. The van der Waals surface area contributed by atoms with Gasteiger partial charge >= 0.3 is 0 Å². The lowest BCUT2D eigenvalue weighted by molar-refractivity contribution is 0.147. The van der Waals surface area contributed by atoms with E-state index in [0.717, 1.165) is 30.7 Å². The van der Waals surface area contributed by atoms with Crippen LogP contribution in [0.4, 0.5) is 0 Å². The molecule has 7 heteroatoms. The standard InChI is InChI=1S/C20H37N5O.HI/c1-7-21-19(23-12-16(3)25-10-8-15(2)9-11-25)24-14-18-22-13-17(26-18)20(4,5)6;/h13,15-16H,7-12,14H2,1-6H3,(H2,21,23,24);1H. The van der Waals surface area contributed by atoms with Gasteiger partial charge in [-0.15, -0.1) is 24.0 Å². The van der Waals surface area contributed by atoms with E-state index < -0.39 is 0 Å². The SMILES string of the molecule is CCNC(=NCc1ncc(C(C)(C)C)o1)NCC(C)N1CCC(C)CC1.I. The molecular weight excluding hydrogens is 453 g/mol. The molecule has 0 bridgehead atoms. The number of nitrogens with one attached hydrogen (secondary N) is 2. The second kappa shape index (κ2) is 11.2. The molecule has 1 aromatic heterocycles. The molecule has 1 unspecified atom stereocenters. The Bertz CT molecular complexity index is 573. The van der Waals surface area contributed by atoms with Crippen LogP contribution in [0.2, 0.25) is 0 Å². The van der Waals surface area contributed by atoms with E-state index in [4.69, 9.17) is 4.42 Å². The van der Waals surface area contributed by atoms with Crippen molar-refractivity contribution >= 4 is 29.9 Å².